The van der Waals surface area contributed by atoms with Gasteiger partial charge in [-0.1, -0.05) is 42.5 Å². The van der Waals surface area contributed by atoms with E-state index < -0.39 is 0 Å². The van der Waals surface area contributed by atoms with Crippen molar-refractivity contribution in [2.75, 3.05) is 26.2 Å². The second-order valence-corrected chi connectivity index (χ2v) is 8.27. The topological polar surface area (TPSA) is 83.7 Å². The number of carbonyl (C=O) groups is 3. The van der Waals surface area contributed by atoms with Gasteiger partial charge in [-0.05, 0) is 48.0 Å². The maximum Gasteiger partial charge on any atom is 0.289 e. The highest BCUT2D eigenvalue weighted by Crippen LogP contribution is 2.15. The first-order valence-electron chi connectivity index (χ1n) is 11.4. The summed E-state index contributed by atoms with van der Waals surface area (Å²) in [5.41, 5.74) is 2.54. The van der Waals surface area contributed by atoms with E-state index in [1.165, 1.54) is 12.3 Å². The average Bonchev–Trinajstić information content (AvgIpc) is 3.46. The molecule has 35 heavy (non-hydrogen) atoms. The predicted molar refractivity (Wildman–Crippen MR) is 132 cm³/mol. The molecular weight excluding hydrogens is 442 g/mol. The monoisotopic (exact) mass is 465 g/mol. The van der Waals surface area contributed by atoms with E-state index in [1.807, 2.05) is 42.5 Å². The van der Waals surface area contributed by atoms with Gasteiger partial charge in [0.05, 0.1) is 11.8 Å². The lowest BCUT2D eigenvalue weighted by molar-refractivity contribution is 0.0518. The van der Waals surface area contributed by atoms with Crippen LogP contribution in [0.2, 0.25) is 0 Å². The summed E-state index contributed by atoms with van der Waals surface area (Å²) in [5.74, 6) is -0.116. The smallest absolute Gasteiger partial charge is 0.289 e. The van der Waals surface area contributed by atoms with Gasteiger partial charge in [-0.25, -0.2) is 4.98 Å². The molecule has 0 bridgehead atoms. The molecule has 1 saturated heterocycles. The number of para-hydroxylation sites is 1. The van der Waals surface area contributed by atoms with Crippen molar-refractivity contribution in [3.8, 4) is 0 Å². The minimum Gasteiger partial charge on any atom is -0.459 e. The van der Waals surface area contributed by atoms with Crippen molar-refractivity contribution in [3.05, 3.63) is 108 Å². The summed E-state index contributed by atoms with van der Waals surface area (Å²) in [7, 11) is 0. The summed E-state index contributed by atoms with van der Waals surface area (Å²) in [6.45, 7) is 1.83. The summed E-state index contributed by atoms with van der Waals surface area (Å²) in [6, 6.07) is 21.7. The van der Waals surface area contributed by atoms with Crippen LogP contribution >= 0.6 is 0 Å². The standard InChI is InChI=1S/C28H23N3O4/c32-25(24-13-12-21-4-1-2-5-23(21)29-24)14-9-20-7-10-22(11-8-20)27(33)30-15-17-31(18-16-30)28(34)26-6-3-19-35-26/h1-14,19H,15-18H2. The Labute approximate surface area is 202 Å². The Morgan fingerprint density at radius 2 is 1.49 bits per heavy atom. The van der Waals surface area contributed by atoms with Gasteiger partial charge in [-0.15, -0.1) is 0 Å². The van der Waals surface area contributed by atoms with Crippen LogP contribution in [0.1, 0.15) is 37.0 Å². The van der Waals surface area contributed by atoms with Crippen molar-refractivity contribution in [1.29, 1.82) is 0 Å². The predicted octanol–water partition coefficient (Wildman–Crippen LogP) is 4.32. The fourth-order valence-corrected chi connectivity index (χ4v) is 4.05. The van der Waals surface area contributed by atoms with Crippen LogP contribution in [-0.2, 0) is 0 Å². The molecule has 1 aliphatic rings. The highest BCUT2D eigenvalue weighted by Gasteiger charge is 2.26. The van der Waals surface area contributed by atoms with Crippen molar-refractivity contribution >= 4 is 34.6 Å². The van der Waals surface area contributed by atoms with Crippen LogP contribution in [0.3, 0.4) is 0 Å². The maximum atomic E-state index is 12.9. The van der Waals surface area contributed by atoms with Gasteiger partial charge in [0.1, 0.15) is 5.69 Å². The van der Waals surface area contributed by atoms with Crippen LogP contribution in [-0.4, -0.2) is 58.6 Å². The number of aromatic nitrogens is 1. The summed E-state index contributed by atoms with van der Waals surface area (Å²) in [6.07, 6.45) is 4.68. The third-order valence-corrected chi connectivity index (χ3v) is 6.02. The number of benzene rings is 2. The van der Waals surface area contributed by atoms with Crippen LogP contribution in [0.5, 0.6) is 0 Å². The Morgan fingerprint density at radius 3 is 2.20 bits per heavy atom. The lowest BCUT2D eigenvalue weighted by atomic mass is 10.1. The third kappa shape index (κ3) is 4.89. The number of amides is 2. The molecule has 3 heterocycles. The molecule has 7 heteroatoms. The SMILES string of the molecule is O=C(C=Cc1ccc(C(=O)N2CCN(C(=O)c3ccco3)CC2)cc1)c1ccc2ccccc2n1. The summed E-state index contributed by atoms with van der Waals surface area (Å²) in [5, 5.41) is 0.985. The lowest BCUT2D eigenvalue weighted by Crippen LogP contribution is -2.50. The number of ketones is 1. The van der Waals surface area contributed by atoms with Gasteiger partial charge >= 0.3 is 0 Å². The number of carbonyl (C=O) groups excluding carboxylic acids is 3. The Balaban J connectivity index is 1.18. The quantitative estimate of drug-likeness (QED) is 0.324. The minimum absolute atomic E-state index is 0.0814. The Morgan fingerprint density at radius 1 is 0.771 bits per heavy atom. The molecule has 0 saturated carbocycles. The number of furan rings is 1. The van der Waals surface area contributed by atoms with Crippen LogP contribution < -0.4 is 0 Å². The molecule has 1 fully saturated rings. The van der Waals surface area contributed by atoms with E-state index in [0.29, 0.717) is 43.2 Å². The summed E-state index contributed by atoms with van der Waals surface area (Å²) < 4.78 is 5.18. The zero-order valence-electron chi connectivity index (χ0n) is 19.0. The van der Waals surface area contributed by atoms with Gasteiger partial charge in [0.15, 0.2) is 5.76 Å². The number of allylic oxidation sites excluding steroid dienone is 1. The number of pyridine rings is 1. The van der Waals surface area contributed by atoms with Crippen LogP contribution in [0.4, 0.5) is 0 Å². The molecule has 5 rings (SSSR count). The maximum absolute atomic E-state index is 12.9. The Kier molecular flexibility index (Phi) is 6.22. The van der Waals surface area contributed by atoms with Crippen LogP contribution in [0, 0.1) is 0 Å². The van der Waals surface area contributed by atoms with Gasteiger partial charge < -0.3 is 14.2 Å². The Bertz CT molecular complexity index is 1400. The highest BCUT2D eigenvalue weighted by atomic mass is 16.3. The molecule has 1 aliphatic heterocycles. The van der Waals surface area contributed by atoms with E-state index in [9.17, 15) is 14.4 Å². The average molecular weight is 466 g/mol. The second-order valence-electron chi connectivity index (χ2n) is 8.27. The molecule has 2 aromatic carbocycles. The first-order chi connectivity index (χ1) is 17.1. The molecule has 0 spiro atoms. The molecule has 2 amide bonds. The number of piperazine rings is 1. The van der Waals surface area contributed by atoms with E-state index >= 15 is 0 Å². The van der Waals surface area contributed by atoms with Crippen molar-refractivity contribution < 1.29 is 18.8 Å². The first-order valence-corrected chi connectivity index (χ1v) is 11.4. The first kappa shape index (κ1) is 22.3. The number of hydrogen-bond acceptors (Lipinski definition) is 5. The van der Waals surface area contributed by atoms with Gasteiger partial charge in [-0.2, -0.15) is 0 Å². The molecular formula is C28H23N3O4. The van der Waals surface area contributed by atoms with Gasteiger partial charge in [0.2, 0.25) is 5.78 Å². The summed E-state index contributed by atoms with van der Waals surface area (Å²) in [4.78, 5) is 45.7. The highest BCUT2D eigenvalue weighted by molar-refractivity contribution is 6.06. The number of fused-ring (bicyclic) bond motifs is 1. The van der Waals surface area contributed by atoms with Gasteiger partial charge in [-0.3, -0.25) is 14.4 Å². The van der Waals surface area contributed by atoms with Crippen LogP contribution in [0.25, 0.3) is 17.0 Å². The molecule has 0 radical (unpaired) electrons. The lowest BCUT2D eigenvalue weighted by Gasteiger charge is -2.34. The fourth-order valence-electron chi connectivity index (χ4n) is 4.05. The normalized spacial score (nSPS) is 13.9. The van der Waals surface area contributed by atoms with Crippen molar-refractivity contribution in [2.45, 2.75) is 0 Å². The van der Waals surface area contributed by atoms with Gasteiger partial charge in [0.25, 0.3) is 11.8 Å². The zero-order chi connectivity index (χ0) is 24.2. The molecule has 174 valence electrons. The zero-order valence-corrected chi connectivity index (χ0v) is 19.0. The van der Waals surface area contributed by atoms with Gasteiger partial charge in [0, 0.05) is 37.1 Å². The molecule has 0 N–H and O–H groups in total. The minimum atomic E-state index is -0.183. The number of nitrogens with zero attached hydrogens (tertiary/aromatic N) is 3. The number of hydrogen-bond donors (Lipinski definition) is 0. The van der Waals surface area contributed by atoms with E-state index in [1.54, 1.807) is 46.2 Å². The Hall–Kier alpha value is -4.52. The molecule has 0 atom stereocenters. The van der Waals surface area contributed by atoms with Crippen molar-refractivity contribution in [3.63, 3.8) is 0 Å². The van der Waals surface area contributed by atoms with Crippen LogP contribution in [0.15, 0.2) is 89.6 Å². The second kappa shape index (κ2) is 9.77. The van der Waals surface area contributed by atoms with Crippen molar-refractivity contribution in [1.82, 2.24) is 14.8 Å². The fraction of sp³-hybridized carbons (Fsp3) is 0.143. The molecule has 4 aromatic rings. The number of rotatable bonds is 5. The molecule has 7 nitrogen and oxygen atoms in total. The largest absolute Gasteiger partial charge is 0.459 e. The van der Waals surface area contributed by atoms with E-state index in [4.69, 9.17) is 4.42 Å². The van der Waals surface area contributed by atoms with E-state index in [-0.39, 0.29) is 17.6 Å². The van der Waals surface area contributed by atoms with E-state index in [2.05, 4.69) is 4.98 Å². The molecule has 2 aromatic heterocycles. The molecule has 0 aliphatic carbocycles. The summed E-state index contributed by atoms with van der Waals surface area (Å²) >= 11 is 0. The van der Waals surface area contributed by atoms with E-state index in [0.717, 1.165) is 16.5 Å². The molecule has 0 unspecified atom stereocenters. The van der Waals surface area contributed by atoms with Crippen molar-refractivity contribution in [2.24, 2.45) is 0 Å². The third-order valence-electron chi connectivity index (χ3n) is 6.02.